The smallest absolute Gasteiger partial charge is 0.0701 e. The Balaban J connectivity index is 3.95. The maximum Gasteiger partial charge on any atom is 0.0701 e. The van der Waals surface area contributed by atoms with Crippen LogP contribution in [0.25, 0.3) is 0 Å². The molecular formula is C52H104N2O2. The molecule has 0 aliphatic heterocycles. The summed E-state index contributed by atoms with van der Waals surface area (Å²) in [6.45, 7) is 24.0. The van der Waals surface area contributed by atoms with Gasteiger partial charge in [-0.15, -0.1) is 0 Å². The average molecular weight is 789 g/mol. The van der Waals surface area contributed by atoms with E-state index in [1.165, 1.54) is 219 Å². The summed E-state index contributed by atoms with van der Waals surface area (Å²) in [5, 5.41) is 0. The highest BCUT2D eigenvalue weighted by atomic mass is 16.5. The van der Waals surface area contributed by atoms with Crippen molar-refractivity contribution in [3.63, 3.8) is 0 Å². The minimum absolute atomic E-state index is 0.714. The molecule has 2 atom stereocenters. The van der Waals surface area contributed by atoms with E-state index in [0.717, 1.165) is 38.1 Å². The summed E-state index contributed by atoms with van der Waals surface area (Å²) in [6.07, 6.45) is 50.7. The lowest BCUT2D eigenvalue weighted by molar-refractivity contribution is 0.0285. The van der Waals surface area contributed by atoms with E-state index in [0.29, 0.717) is 13.2 Å². The molecule has 0 saturated heterocycles. The average Bonchev–Trinajstić information content (AvgIpc) is 3.20. The van der Waals surface area contributed by atoms with Crippen LogP contribution in [0.15, 0.2) is 24.3 Å². The highest BCUT2D eigenvalue weighted by Gasteiger charge is 2.11. The first kappa shape index (κ1) is 55.3. The van der Waals surface area contributed by atoms with Crippen LogP contribution < -0.4 is 0 Å². The highest BCUT2D eigenvalue weighted by Crippen LogP contribution is 2.14. The molecule has 0 bridgehead atoms. The second kappa shape index (κ2) is 47.0. The minimum atomic E-state index is 0.714. The summed E-state index contributed by atoms with van der Waals surface area (Å²) in [4.78, 5) is 5.32. The number of ether oxygens (including phenoxy) is 2. The Labute approximate surface area is 354 Å². The van der Waals surface area contributed by atoms with Crippen molar-refractivity contribution in [3.8, 4) is 0 Å². The summed E-state index contributed by atoms with van der Waals surface area (Å²) < 4.78 is 12.2. The standard InChI is InChI=1S/C52H104N2O2/c1-7-11-13-15-17-19-21-23-25-27-29-31-33-35-37-39-41-53(49-51(5)9-3)43-45-55-47-48-56-46-44-54(50-52(6)10-4)42-40-38-36-34-32-30-28-26-24-22-20-18-16-14-12-8-2/h23-26,51-52H,7-22,27-50H2,1-6H3/b25-23+,26-24?. The van der Waals surface area contributed by atoms with Crippen molar-refractivity contribution >= 4 is 0 Å². The topological polar surface area (TPSA) is 24.9 Å². The third-order valence-electron chi connectivity index (χ3n) is 12.0. The van der Waals surface area contributed by atoms with Crippen molar-refractivity contribution in [3.05, 3.63) is 24.3 Å². The van der Waals surface area contributed by atoms with E-state index in [9.17, 15) is 0 Å². The van der Waals surface area contributed by atoms with Crippen molar-refractivity contribution in [2.24, 2.45) is 11.8 Å². The zero-order valence-electron chi connectivity index (χ0n) is 39.5. The summed E-state index contributed by atoms with van der Waals surface area (Å²) in [5.74, 6) is 1.50. The quantitative estimate of drug-likeness (QED) is 0.0453. The van der Waals surface area contributed by atoms with Crippen LogP contribution in [-0.2, 0) is 9.47 Å². The fourth-order valence-corrected chi connectivity index (χ4v) is 7.60. The molecule has 56 heavy (non-hydrogen) atoms. The Morgan fingerprint density at radius 1 is 0.339 bits per heavy atom. The van der Waals surface area contributed by atoms with Gasteiger partial charge >= 0.3 is 0 Å². The number of rotatable bonds is 47. The third-order valence-corrected chi connectivity index (χ3v) is 12.0. The Morgan fingerprint density at radius 3 is 0.929 bits per heavy atom. The molecule has 4 nitrogen and oxygen atoms in total. The van der Waals surface area contributed by atoms with Gasteiger partial charge in [-0.25, -0.2) is 0 Å². The SMILES string of the molecule is CCCCCCCCC=CCCCCCCCCN(CCOCCOCCN(CCCCCCCC/C=C/CCCCCCCC)CC(C)CC)CC(C)CC. The fraction of sp³-hybridized carbons (Fsp3) is 0.923. The molecule has 0 aliphatic rings. The van der Waals surface area contributed by atoms with Gasteiger partial charge in [0.15, 0.2) is 0 Å². The lowest BCUT2D eigenvalue weighted by Gasteiger charge is -2.25. The number of hydrogen-bond donors (Lipinski definition) is 0. The van der Waals surface area contributed by atoms with E-state index in [4.69, 9.17) is 9.47 Å². The van der Waals surface area contributed by atoms with Gasteiger partial charge in [0.2, 0.25) is 0 Å². The predicted octanol–water partition coefficient (Wildman–Crippen LogP) is 15.8. The number of allylic oxidation sites excluding steroid dienone is 4. The molecule has 2 unspecified atom stereocenters. The molecular weight excluding hydrogens is 685 g/mol. The molecule has 0 heterocycles. The highest BCUT2D eigenvalue weighted by molar-refractivity contribution is 4.82. The van der Waals surface area contributed by atoms with Gasteiger partial charge in [0.05, 0.1) is 26.4 Å². The normalized spacial score (nSPS) is 13.4. The van der Waals surface area contributed by atoms with Gasteiger partial charge in [0.1, 0.15) is 0 Å². The molecule has 4 heteroatoms. The van der Waals surface area contributed by atoms with Crippen LogP contribution in [0.1, 0.15) is 234 Å². The van der Waals surface area contributed by atoms with Crippen LogP contribution in [-0.4, -0.2) is 75.5 Å². The van der Waals surface area contributed by atoms with Crippen LogP contribution in [0.2, 0.25) is 0 Å². The molecule has 334 valence electrons. The van der Waals surface area contributed by atoms with Crippen LogP contribution in [0, 0.1) is 11.8 Å². The van der Waals surface area contributed by atoms with Crippen LogP contribution >= 0.6 is 0 Å². The number of hydrogen-bond acceptors (Lipinski definition) is 4. The van der Waals surface area contributed by atoms with Gasteiger partial charge in [-0.3, -0.25) is 0 Å². The van der Waals surface area contributed by atoms with E-state index >= 15 is 0 Å². The van der Waals surface area contributed by atoms with Crippen LogP contribution in [0.5, 0.6) is 0 Å². The van der Waals surface area contributed by atoms with E-state index in [1.807, 2.05) is 0 Å². The lowest BCUT2D eigenvalue weighted by Crippen LogP contribution is -2.33. The molecule has 0 radical (unpaired) electrons. The van der Waals surface area contributed by atoms with Crippen molar-refractivity contribution in [2.75, 3.05) is 65.7 Å². The zero-order chi connectivity index (χ0) is 40.8. The molecule has 0 saturated carbocycles. The number of nitrogens with zero attached hydrogens (tertiary/aromatic N) is 2. The second-order valence-corrected chi connectivity index (χ2v) is 17.7. The van der Waals surface area contributed by atoms with Crippen molar-refractivity contribution < 1.29 is 9.47 Å². The molecule has 0 rings (SSSR count). The molecule has 0 aromatic heterocycles. The maximum atomic E-state index is 6.08. The minimum Gasteiger partial charge on any atom is -0.378 e. The molecule has 0 N–H and O–H groups in total. The molecule has 0 aliphatic carbocycles. The van der Waals surface area contributed by atoms with Gasteiger partial charge in [0, 0.05) is 26.2 Å². The molecule has 0 fully saturated rings. The van der Waals surface area contributed by atoms with Crippen molar-refractivity contribution in [1.82, 2.24) is 9.80 Å². The molecule has 0 amide bonds. The van der Waals surface area contributed by atoms with Gasteiger partial charge < -0.3 is 19.3 Å². The molecule has 0 aromatic carbocycles. The summed E-state index contributed by atoms with van der Waals surface area (Å²) >= 11 is 0. The molecule has 0 spiro atoms. The van der Waals surface area contributed by atoms with E-state index in [2.05, 4.69) is 75.6 Å². The zero-order valence-corrected chi connectivity index (χ0v) is 39.5. The third kappa shape index (κ3) is 42.9. The second-order valence-electron chi connectivity index (χ2n) is 17.7. The summed E-state index contributed by atoms with van der Waals surface area (Å²) in [5.41, 5.74) is 0. The van der Waals surface area contributed by atoms with E-state index < -0.39 is 0 Å². The first-order valence-corrected chi connectivity index (χ1v) is 25.5. The largest absolute Gasteiger partial charge is 0.378 e. The van der Waals surface area contributed by atoms with Gasteiger partial charge in [-0.05, 0) is 89.1 Å². The first-order chi connectivity index (χ1) is 27.6. The first-order valence-electron chi connectivity index (χ1n) is 25.5. The maximum absolute atomic E-state index is 6.08. The Kier molecular flexibility index (Phi) is 46.4. The number of unbranched alkanes of at least 4 members (excludes halogenated alkanes) is 24. The summed E-state index contributed by atoms with van der Waals surface area (Å²) in [7, 11) is 0. The predicted molar refractivity (Wildman–Crippen MR) is 252 cm³/mol. The van der Waals surface area contributed by atoms with E-state index in [-0.39, 0.29) is 0 Å². The Hall–Kier alpha value is -0.680. The monoisotopic (exact) mass is 789 g/mol. The van der Waals surface area contributed by atoms with Crippen LogP contribution in [0.3, 0.4) is 0 Å². The van der Waals surface area contributed by atoms with E-state index in [1.54, 1.807) is 0 Å². The van der Waals surface area contributed by atoms with Gasteiger partial charge in [0.25, 0.3) is 0 Å². The summed E-state index contributed by atoms with van der Waals surface area (Å²) in [6, 6.07) is 0. The van der Waals surface area contributed by atoms with Crippen molar-refractivity contribution in [2.45, 2.75) is 234 Å². The Morgan fingerprint density at radius 2 is 0.625 bits per heavy atom. The van der Waals surface area contributed by atoms with Gasteiger partial charge in [-0.2, -0.15) is 0 Å². The fourth-order valence-electron chi connectivity index (χ4n) is 7.60. The molecule has 0 aromatic rings. The van der Waals surface area contributed by atoms with Gasteiger partial charge in [-0.1, -0.05) is 194 Å². The van der Waals surface area contributed by atoms with Crippen LogP contribution in [0.4, 0.5) is 0 Å². The van der Waals surface area contributed by atoms with Crippen molar-refractivity contribution in [1.29, 1.82) is 0 Å². The lowest BCUT2D eigenvalue weighted by atomic mass is 10.1. The Bertz CT molecular complexity index is 721.